The highest BCUT2D eigenvalue weighted by Crippen LogP contribution is 2.45. The Bertz CT molecular complexity index is 7540. The molecule has 0 atom stereocenters. The Labute approximate surface area is 720 Å². The fourth-order valence-corrected chi connectivity index (χ4v) is 21.0. The molecular weight excluding hydrogens is 1490 g/mol. The number of benzene rings is 24. The van der Waals surface area contributed by atoms with Crippen molar-refractivity contribution in [2.24, 2.45) is 0 Å². The molecule has 0 heterocycles. The maximum Gasteiger partial charge on any atom is -0.00251 e. The first-order chi connectivity index (χ1) is 61.3. The van der Waals surface area contributed by atoms with Gasteiger partial charge in [0.1, 0.15) is 0 Å². The van der Waals surface area contributed by atoms with Gasteiger partial charge >= 0.3 is 0 Å². The lowest BCUT2D eigenvalue weighted by Crippen LogP contribution is -2.00. The van der Waals surface area contributed by atoms with Crippen LogP contribution in [0.1, 0.15) is 44.5 Å². The molecule has 576 valence electrons. The number of hydrogen-bond acceptors (Lipinski definition) is 0. The van der Waals surface area contributed by atoms with E-state index in [1.54, 1.807) is 0 Å². The molecule has 25 rings (SSSR count). The average molecular weight is 1570 g/mol. The fourth-order valence-electron chi connectivity index (χ4n) is 21.0. The molecule has 0 amide bonds. The van der Waals surface area contributed by atoms with Crippen molar-refractivity contribution in [1.29, 1.82) is 0 Å². The smallest absolute Gasteiger partial charge is 0.00251 e. The summed E-state index contributed by atoms with van der Waals surface area (Å²) in [4.78, 5) is 0. The zero-order valence-corrected chi connectivity index (χ0v) is 68.4. The molecule has 0 heteroatoms. The summed E-state index contributed by atoms with van der Waals surface area (Å²) in [5.41, 5.74) is 29.9. The lowest BCUT2D eigenvalue weighted by Gasteiger charge is -2.17. The van der Waals surface area contributed by atoms with Crippen molar-refractivity contribution >= 4 is 129 Å². The highest BCUT2D eigenvalue weighted by molar-refractivity contribution is 6.18. The van der Waals surface area contributed by atoms with Crippen LogP contribution in [0.3, 0.4) is 0 Å². The lowest BCUT2D eigenvalue weighted by molar-refractivity contribution is 1.09. The van der Waals surface area contributed by atoms with Crippen LogP contribution in [0.25, 0.3) is 218 Å². The molecule has 24 aromatic rings. The lowest BCUT2D eigenvalue weighted by atomic mass is 9.87. The molecule has 0 unspecified atom stereocenters. The van der Waals surface area contributed by atoms with Gasteiger partial charge in [0.05, 0.1) is 0 Å². The summed E-state index contributed by atoms with van der Waals surface area (Å²) in [5, 5.41) is 30.1. The van der Waals surface area contributed by atoms with E-state index in [2.05, 4.69) is 437 Å². The molecule has 24 aromatic carbocycles. The second-order valence-electron chi connectivity index (χ2n) is 34.7. The molecule has 1 aliphatic rings. The summed E-state index contributed by atoms with van der Waals surface area (Å²) in [5.74, 6) is 0. The predicted octanol–water partition coefficient (Wildman–Crippen LogP) is 33.5. The summed E-state index contributed by atoms with van der Waals surface area (Å²) in [6.07, 6.45) is 2.99. The van der Waals surface area contributed by atoms with Gasteiger partial charge in [-0.1, -0.05) is 364 Å². The Morgan fingerprint density at radius 3 is 0.460 bits per heavy atom. The van der Waals surface area contributed by atoms with Crippen molar-refractivity contribution in [2.75, 3.05) is 0 Å². The summed E-state index contributed by atoms with van der Waals surface area (Å²) in [7, 11) is 0. The fraction of sp³-hybridized carbons (Fsp3) is 0.0323. The molecular formula is C124H80. The molecule has 0 aromatic heterocycles. The summed E-state index contributed by atoms with van der Waals surface area (Å²) >= 11 is 0. The van der Waals surface area contributed by atoms with Crippen molar-refractivity contribution in [2.45, 2.75) is 25.7 Å². The van der Waals surface area contributed by atoms with Gasteiger partial charge in [-0.2, -0.15) is 0 Å². The van der Waals surface area contributed by atoms with Crippen molar-refractivity contribution < 1.29 is 0 Å². The van der Waals surface area contributed by atoms with Crippen LogP contribution in [0.2, 0.25) is 0 Å². The zero-order valence-electron chi connectivity index (χ0n) is 68.4. The van der Waals surface area contributed by atoms with E-state index >= 15 is 0 Å². The third-order valence-electron chi connectivity index (χ3n) is 26.9. The van der Waals surface area contributed by atoms with Gasteiger partial charge in [0.15, 0.2) is 0 Å². The van der Waals surface area contributed by atoms with Crippen LogP contribution in [-0.2, 0) is 25.7 Å². The summed E-state index contributed by atoms with van der Waals surface area (Å²) in [6.45, 7) is 0. The van der Waals surface area contributed by atoms with Crippen LogP contribution in [0.4, 0.5) is 0 Å². The van der Waals surface area contributed by atoms with Crippen molar-refractivity contribution in [3.05, 3.63) is 481 Å². The van der Waals surface area contributed by atoms with Crippen LogP contribution < -0.4 is 0 Å². The Morgan fingerprint density at radius 2 is 0.258 bits per heavy atom. The highest BCUT2D eigenvalue weighted by atomic mass is 14.2. The van der Waals surface area contributed by atoms with E-state index in [-0.39, 0.29) is 0 Å². The Kier molecular flexibility index (Phi) is 16.7. The molecule has 8 bridgehead atoms. The highest BCUT2D eigenvalue weighted by Gasteiger charge is 2.20. The second-order valence-corrected chi connectivity index (χ2v) is 34.7. The van der Waals surface area contributed by atoms with Crippen molar-refractivity contribution in [1.82, 2.24) is 0 Å². The predicted molar refractivity (Wildman–Crippen MR) is 531 cm³/mol. The first-order valence-corrected chi connectivity index (χ1v) is 43.6. The van der Waals surface area contributed by atoms with Gasteiger partial charge in [-0.15, -0.1) is 0 Å². The van der Waals surface area contributed by atoms with Crippen LogP contribution in [0, 0.1) is 0 Å². The van der Waals surface area contributed by atoms with Gasteiger partial charge in [0.2, 0.25) is 0 Å². The molecule has 0 saturated carbocycles. The minimum atomic E-state index is 0.747. The SMILES string of the molecule is c1ccc2c(c1)cc(-c1ccc3cc(-c4cc5cc(c4)Cc4cc(cc(-c6ccc7cc(-c8cc9ccccc9c9ccccc89)ccc7c6)c4)Cc4cc(cc(-c6ccc7cc(-c8cc9ccccc9c9ccccc89)ccc7c6)c4)Cc4cc(cc(-c6ccc7cc(-c8cc9ccccc9c9ccccc89)ccc7c6)c4)C5)ccc3c1)c1ccccc12. The van der Waals surface area contributed by atoms with Crippen LogP contribution in [-0.4, -0.2) is 0 Å². The third kappa shape index (κ3) is 12.8. The molecule has 0 saturated heterocycles. The molecule has 0 aliphatic heterocycles. The zero-order chi connectivity index (χ0) is 81.5. The van der Waals surface area contributed by atoms with E-state index < -0.39 is 0 Å². The number of rotatable bonds is 8. The van der Waals surface area contributed by atoms with Gasteiger partial charge in [-0.3, -0.25) is 0 Å². The van der Waals surface area contributed by atoms with Gasteiger partial charge in [-0.05, 0) is 361 Å². The normalized spacial score (nSPS) is 12.4. The van der Waals surface area contributed by atoms with Crippen LogP contribution in [0.15, 0.2) is 437 Å². The van der Waals surface area contributed by atoms with E-state index in [9.17, 15) is 0 Å². The van der Waals surface area contributed by atoms with Crippen LogP contribution in [0.5, 0.6) is 0 Å². The summed E-state index contributed by atoms with van der Waals surface area (Å²) in [6, 6.07) is 167. The monoisotopic (exact) mass is 1570 g/mol. The largest absolute Gasteiger partial charge is 0.0616 e. The maximum atomic E-state index is 2.51. The number of fused-ring (bicyclic) bond motifs is 24. The maximum absolute atomic E-state index is 2.51. The van der Waals surface area contributed by atoms with Gasteiger partial charge in [0.25, 0.3) is 0 Å². The first kappa shape index (κ1) is 71.3. The molecule has 1 aliphatic carbocycles. The van der Waals surface area contributed by atoms with Crippen molar-refractivity contribution in [3.8, 4) is 89.0 Å². The first-order valence-electron chi connectivity index (χ1n) is 43.6. The summed E-state index contributed by atoms with van der Waals surface area (Å²) < 4.78 is 0. The topological polar surface area (TPSA) is 0 Å². The minimum Gasteiger partial charge on any atom is -0.0616 e. The Hall–Kier alpha value is -15.6. The Morgan fingerprint density at radius 1 is 0.0968 bits per heavy atom. The second kappa shape index (κ2) is 29.1. The number of hydrogen-bond donors (Lipinski definition) is 0. The Balaban J connectivity index is 0.635. The van der Waals surface area contributed by atoms with Gasteiger partial charge in [0, 0.05) is 0 Å². The van der Waals surface area contributed by atoms with E-state index in [0.29, 0.717) is 0 Å². The molecule has 0 N–H and O–H groups in total. The molecule has 0 fully saturated rings. The van der Waals surface area contributed by atoms with E-state index in [1.807, 2.05) is 0 Å². The third-order valence-corrected chi connectivity index (χ3v) is 26.9. The quantitative estimate of drug-likeness (QED) is 0.133. The molecule has 124 heavy (non-hydrogen) atoms. The van der Waals surface area contributed by atoms with Crippen LogP contribution >= 0.6 is 0 Å². The van der Waals surface area contributed by atoms with Gasteiger partial charge in [-0.25, -0.2) is 0 Å². The van der Waals surface area contributed by atoms with Gasteiger partial charge < -0.3 is 0 Å². The van der Waals surface area contributed by atoms with E-state index in [4.69, 9.17) is 0 Å². The van der Waals surface area contributed by atoms with E-state index in [1.165, 1.54) is 263 Å². The molecule has 0 nitrogen and oxygen atoms in total. The average Bonchev–Trinajstić information content (AvgIpc) is 0.767. The standard InChI is InChI=1S/C124H80/c1-5-21-109-97(17-1)73-121(117-29-13-9-25-113(109)117)101-45-41-85-65-93(37-33-89(85)69-101)105-57-77-49-78(58-105)54-80-51-82(62-107(60-80)95-39-35-91-71-103(47-43-87(91)67-95)123-75-99-19-3-7-23-111(99)115-27-11-15-31-119(115)123)56-84-52-83(63-108(64-84)96-40-36-92-72-104(48-44-88(92)68-96)124-76-100-20-4-8-24-112(100)116-28-12-16-32-120(116)124)55-81-50-79(53-77)59-106(61-81)94-38-34-90-70-102(46-42-86(90)66-94)122-74-98-18-2-6-22-110(98)114-26-10-14-30-118(114)122/h1-52,57-76H,53-56H2. The minimum absolute atomic E-state index is 0.747. The van der Waals surface area contributed by atoms with E-state index in [0.717, 1.165) is 25.7 Å². The molecule has 0 spiro atoms. The van der Waals surface area contributed by atoms with Crippen molar-refractivity contribution in [3.63, 3.8) is 0 Å². The molecule has 0 radical (unpaired) electrons.